The van der Waals surface area contributed by atoms with E-state index in [1.165, 1.54) is 0 Å². The van der Waals surface area contributed by atoms with Crippen LogP contribution in [0, 0.1) is 5.92 Å². The van der Waals surface area contributed by atoms with Crippen molar-refractivity contribution in [1.29, 1.82) is 0 Å². The molecule has 1 aliphatic rings. The molecule has 2 N–H and O–H groups in total. The van der Waals surface area contributed by atoms with Crippen LogP contribution >= 0.6 is 0 Å². The smallest absolute Gasteiger partial charge is 0.102 e. The molecule has 0 amide bonds. The molecule has 0 aromatic rings. The summed E-state index contributed by atoms with van der Waals surface area (Å²) < 4.78 is 0. The normalized spacial score (nSPS) is 36.8. The predicted molar refractivity (Wildman–Crippen MR) is 50.7 cm³/mol. The average Bonchev–Trinajstić information content (AvgIpc) is 1.94. The molecular weight excluding hydrogens is 150 g/mol. The zero-order valence-corrected chi connectivity index (χ0v) is 7.91. The molecule has 68 valence electrons. The van der Waals surface area contributed by atoms with Gasteiger partial charge in [-0.15, -0.1) is 0 Å². The Bertz CT molecular complexity index is 208. The minimum absolute atomic E-state index is 0.108. The van der Waals surface area contributed by atoms with Crippen molar-refractivity contribution in [1.82, 2.24) is 5.32 Å². The van der Waals surface area contributed by atoms with Gasteiger partial charge in [-0.05, 0) is 19.8 Å². The second-order valence-corrected chi connectivity index (χ2v) is 3.64. The minimum atomic E-state index is -0.464. The van der Waals surface area contributed by atoms with Crippen molar-refractivity contribution >= 4 is 0 Å². The molecular formula is C10H17NO. The number of hydrogen-bond acceptors (Lipinski definition) is 2. The summed E-state index contributed by atoms with van der Waals surface area (Å²) in [6.07, 6.45) is 7.80. The first-order valence-electron chi connectivity index (χ1n) is 4.36. The Hall–Kier alpha value is -0.600. The van der Waals surface area contributed by atoms with Gasteiger partial charge >= 0.3 is 0 Å². The second-order valence-electron chi connectivity index (χ2n) is 3.64. The van der Waals surface area contributed by atoms with Crippen LogP contribution in [0.15, 0.2) is 24.3 Å². The van der Waals surface area contributed by atoms with E-state index in [1.807, 2.05) is 12.2 Å². The van der Waals surface area contributed by atoms with Crippen LogP contribution in [-0.4, -0.2) is 16.9 Å². The molecule has 0 aromatic heterocycles. The molecule has 3 atom stereocenters. The quantitative estimate of drug-likeness (QED) is 0.610. The van der Waals surface area contributed by atoms with Crippen LogP contribution in [0.3, 0.4) is 0 Å². The number of aliphatic hydroxyl groups is 1. The van der Waals surface area contributed by atoms with E-state index in [0.29, 0.717) is 5.92 Å². The standard InChI is InChI=1S/C10H17NO/c1-8-6-4-5-7-10(8,3)11-9(2)12/h4-9,11-12H,1-3H3. The first kappa shape index (κ1) is 9.49. The zero-order chi connectivity index (χ0) is 9.19. The van der Waals surface area contributed by atoms with Crippen LogP contribution < -0.4 is 5.32 Å². The maximum atomic E-state index is 9.22. The Labute approximate surface area is 74.0 Å². The molecule has 0 saturated heterocycles. The highest BCUT2D eigenvalue weighted by atomic mass is 16.3. The van der Waals surface area contributed by atoms with E-state index in [4.69, 9.17) is 0 Å². The summed E-state index contributed by atoms with van der Waals surface area (Å²) in [5, 5.41) is 12.3. The largest absolute Gasteiger partial charge is 0.379 e. The third-order valence-corrected chi connectivity index (χ3v) is 2.42. The van der Waals surface area contributed by atoms with Gasteiger partial charge in [-0.25, -0.2) is 0 Å². The van der Waals surface area contributed by atoms with Crippen LogP contribution in [0.25, 0.3) is 0 Å². The Morgan fingerprint density at radius 3 is 2.67 bits per heavy atom. The molecule has 2 heteroatoms. The fraction of sp³-hybridized carbons (Fsp3) is 0.600. The highest BCUT2D eigenvalue weighted by Crippen LogP contribution is 2.23. The lowest BCUT2D eigenvalue weighted by Crippen LogP contribution is -2.50. The zero-order valence-electron chi connectivity index (χ0n) is 7.91. The van der Waals surface area contributed by atoms with Gasteiger partial charge in [0.2, 0.25) is 0 Å². The molecule has 0 radical (unpaired) electrons. The summed E-state index contributed by atoms with van der Waals surface area (Å²) in [5.74, 6) is 0.414. The van der Waals surface area contributed by atoms with Crippen LogP contribution in [0.2, 0.25) is 0 Å². The lowest BCUT2D eigenvalue weighted by molar-refractivity contribution is 0.115. The Morgan fingerprint density at radius 1 is 1.50 bits per heavy atom. The molecule has 3 unspecified atom stereocenters. The van der Waals surface area contributed by atoms with Crippen molar-refractivity contribution in [2.45, 2.75) is 32.5 Å². The van der Waals surface area contributed by atoms with Crippen molar-refractivity contribution in [3.05, 3.63) is 24.3 Å². The molecule has 12 heavy (non-hydrogen) atoms. The lowest BCUT2D eigenvalue weighted by Gasteiger charge is -2.35. The molecule has 0 saturated carbocycles. The Morgan fingerprint density at radius 2 is 2.17 bits per heavy atom. The number of rotatable bonds is 2. The maximum absolute atomic E-state index is 9.22. The minimum Gasteiger partial charge on any atom is -0.379 e. The van der Waals surface area contributed by atoms with Crippen LogP contribution in [-0.2, 0) is 0 Å². The van der Waals surface area contributed by atoms with Gasteiger partial charge in [0.1, 0.15) is 6.23 Å². The van der Waals surface area contributed by atoms with E-state index in [-0.39, 0.29) is 5.54 Å². The predicted octanol–water partition coefficient (Wildman–Crippen LogP) is 1.44. The third kappa shape index (κ3) is 1.96. The SMILES string of the molecule is CC(O)NC1(C)C=CC=CC1C. The van der Waals surface area contributed by atoms with Crippen LogP contribution in [0.4, 0.5) is 0 Å². The Kier molecular flexibility index (Phi) is 2.70. The summed E-state index contributed by atoms with van der Waals surface area (Å²) >= 11 is 0. The van der Waals surface area contributed by atoms with Crippen molar-refractivity contribution in [2.75, 3.05) is 0 Å². The topological polar surface area (TPSA) is 32.3 Å². The van der Waals surface area contributed by atoms with Crippen molar-refractivity contribution < 1.29 is 5.11 Å². The van der Waals surface area contributed by atoms with E-state index in [1.54, 1.807) is 6.92 Å². The Balaban J connectivity index is 2.69. The molecule has 1 aliphatic carbocycles. The van der Waals surface area contributed by atoms with E-state index in [2.05, 4.69) is 31.3 Å². The highest BCUT2D eigenvalue weighted by molar-refractivity contribution is 5.22. The maximum Gasteiger partial charge on any atom is 0.102 e. The van der Waals surface area contributed by atoms with Crippen molar-refractivity contribution in [2.24, 2.45) is 5.92 Å². The van der Waals surface area contributed by atoms with E-state index in [9.17, 15) is 5.11 Å². The van der Waals surface area contributed by atoms with Crippen LogP contribution in [0.1, 0.15) is 20.8 Å². The van der Waals surface area contributed by atoms with E-state index < -0.39 is 6.23 Å². The van der Waals surface area contributed by atoms with Gasteiger partial charge in [0.25, 0.3) is 0 Å². The number of allylic oxidation sites excluding steroid dienone is 2. The van der Waals surface area contributed by atoms with E-state index >= 15 is 0 Å². The number of nitrogens with one attached hydrogen (secondary N) is 1. The van der Waals surface area contributed by atoms with E-state index in [0.717, 1.165) is 0 Å². The van der Waals surface area contributed by atoms with Crippen molar-refractivity contribution in [3.63, 3.8) is 0 Å². The van der Waals surface area contributed by atoms with Gasteiger partial charge in [-0.1, -0.05) is 31.2 Å². The lowest BCUT2D eigenvalue weighted by atomic mass is 9.83. The molecule has 0 fully saturated rings. The van der Waals surface area contributed by atoms with Gasteiger partial charge in [0.15, 0.2) is 0 Å². The molecule has 0 aromatic carbocycles. The fourth-order valence-electron chi connectivity index (χ4n) is 1.47. The molecule has 1 rings (SSSR count). The molecule has 2 nitrogen and oxygen atoms in total. The first-order valence-corrected chi connectivity index (χ1v) is 4.36. The van der Waals surface area contributed by atoms with Gasteiger partial charge in [0, 0.05) is 5.54 Å². The fourth-order valence-corrected chi connectivity index (χ4v) is 1.47. The molecule has 0 heterocycles. The summed E-state index contributed by atoms with van der Waals surface area (Å²) in [4.78, 5) is 0. The summed E-state index contributed by atoms with van der Waals surface area (Å²) in [7, 11) is 0. The molecule has 0 aliphatic heterocycles. The van der Waals surface area contributed by atoms with Crippen LogP contribution in [0.5, 0.6) is 0 Å². The summed E-state index contributed by atoms with van der Waals surface area (Å²) in [6, 6.07) is 0. The first-order chi connectivity index (χ1) is 5.54. The highest BCUT2D eigenvalue weighted by Gasteiger charge is 2.28. The van der Waals surface area contributed by atoms with Crippen molar-refractivity contribution in [3.8, 4) is 0 Å². The number of hydrogen-bond donors (Lipinski definition) is 2. The van der Waals surface area contributed by atoms with Gasteiger partial charge < -0.3 is 5.11 Å². The van der Waals surface area contributed by atoms with Gasteiger partial charge in [-0.2, -0.15) is 0 Å². The number of aliphatic hydroxyl groups excluding tert-OH is 1. The monoisotopic (exact) mass is 167 g/mol. The molecule has 0 spiro atoms. The van der Waals surface area contributed by atoms with Gasteiger partial charge in [0.05, 0.1) is 0 Å². The molecule has 0 bridgehead atoms. The van der Waals surface area contributed by atoms with Gasteiger partial charge in [-0.3, -0.25) is 5.32 Å². The average molecular weight is 167 g/mol. The summed E-state index contributed by atoms with van der Waals surface area (Å²) in [6.45, 7) is 5.96. The third-order valence-electron chi connectivity index (χ3n) is 2.42. The second kappa shape index (κ2) is 3.42. The summed E-state index contributed by atoms with van der Waals surface area (Å²) in [5.41, 5.74) is -0.108.